The van der Waals surface area contributed by atoms with Gasteiger partial charge in [-0.2, -0.15) is 0 Å². The quantitative estimate of drug-likeness (QED) is 0.800. The lowest BCUT2D eigenvalue weighted by Crippen LogP contribution is -2.37. The Morgan fingerprint density at radius 1 is 0.966 bits per heavy atom. The highest BCUT2D eigenvalue weighted by molar-refractivity contribution is 5.95. The number of carbonyl (C=O) groups is 2. The van der Waals surface area contributed by atoms with E-state index in [4.69, 9.17) is 4.74 Å². The maximum Gasteiger partial charge on any atom is 0.254 e. The average molecular weight is 392 g/mol. The first-order valence-corrected chi connectivity index (χ1v) is 10.4. The van der Waals surface area contributed by atoms with E-state index in [1.54, 1.807) is 19.2 Å². The second-order valence-corrected chi connectivity index (χ2v) is 8.10. The molecule has 2 saturated heterocycles. The number of methoxy groups -OCH3 is 1. The molecule has 2 aliphatic heterocycles. The van der Waals surface area contributed by atoms with Gasteiger partial charge in [-0.05, 0) is 43.5 Å². The number of hydrogen-bond donors (Lipinski definition) is 0. The summed E-state index contributed by atoms with van der Waals surface area (Å²) in [5.74, 6) is 0.644. The van der Waals surface area contributed by atoms with Gasteiger partial charge in [-0.25, -0.2) is 0 Å². The molecule has 152 valence electrons. The topological polar surface area (TPSA) is 49.9 Å². The first kappa shape index (κ1) is 19.5. The molecule has 2 heterocycles. The molecule has 0 radical (unpaired) electrons. The van der Waals surface area contributed by atoms with Crippen molar-refractivity contribution in [1.82, 2.24) is 9.80 Å². The van der Waals surface area contributed by atoms with Gasteiger partial charge in [0, 0.05) is 37.7 Å². The number of amides is 2. The molecule has 5 heteroatoms. The van der Waals surface area contributed by atoms with Crippen LogP contribution in [0.1, 0.15) is 40.2 Å². The molecule has 0 aromatic heterocycles. The lowest BCUT2D eigenvalue weighted by Gasteiger charge is -2.24. The van der Waals surface area contributed by atoms with E-state index in [9.17, 15) is 9.59 Å². The van der Waals surface area contributed by atoms with Crippen molar-refractivity contribution in [2.75, 3.05) is 33.3 Å². The molecule has 2 unspecified atom stereocenters. The second-order valence-electron chi connectivity index (χ2n) is 8.10. The maximum absolute atomic E-state index is 13.3. The number of likely N-dealkylation sites (tertiary alicyclic amines) is 2. The second kappa shape index (κ2) is 8.27. The van der Waals surface area contributed by atoms with Crippen molar-refractivity contribution in [2.24, 2.45) is 5.92 Å². The highest BCUT2D eigenvalue weighted by atomic mass is 16.5. The van der Waals surface area contributed by atoms with Crippen LogP contribution in [0.3, 0.4) is 0 Å². The fourth-order valence-electron chi connectivity index (χ4n) is 4.48. The minimum absolute atomic E-state index is 0.0262. The van der Waals surface area contributed by atoms with Gasteiger partial charge >= 0.3 is 0 Å². The van der Waals surface area contributed by atoms with Gasteiger partial charge in [0.05, 0.1) is 13.0 Å². The minimum atomic E-state index is -0.189. The van der Waals surface area contributed by atoms with Crippen molar-refractivity contribution >= 4 is 11.8 Å². The summed E-state index contributed by atoms with van der Waals surface area (Å²) in [6.45, 7) is 4.75. The fraction of sp³-hybridized carbons (Fsp3) is 0.417. The first-order valence-electron chi connectivity index (χ1n) is 10.4. The molecule has 2 aromatic rings. The molecule has 0 aliphatic carbocycles. The summed E-state index contributed by atoms with van der Waals surface area (Å²) in [5, 5.41) is 0. The van der Waals surface area contributed by atoms with Crippen molar-refractivity contribution in [3.05, 3.63) is 65.2 Å². The van der Waals surface area contributed by atoms with E-state index >= 15 is 0 Å². The molecular formula is C24H28N2O3. The Labute approximate surface area is 172 Å². The number of aryl methyl sites for hydroxylation is 1. The molecule has 2 amide bonds. The maximum atomic E-state index is 13.3. The fourth-order valence-corrected chi connectivity index (χ4v) is 4.48. The van der Waals surface area contributed by atoms with E-state index in [0.717, 1.165) is 31.5 Å². The Hall–Kier alpha value is -2.82. The van der Waals surface area contributed by atoms with E-state index in [1.165, 1.54) is 5.56 Å². The number of rotatable bonds is 4. The molecule has 2 atom stereocenters. The van der Waals surface area contributed by atoms with Crippen LogP contribution in [0.4, 0.5) is 0 Å². The summed E-state index contributed by atoms with van der Waals surface area (Å²) >= 11 is 0. The van der Waals surface area contributed by atoms with Gasteiger partial charge in [0.1, 0.15) is 5.75 Å². The standard InChI is InChI=1S/C24H28N2O3/c1-17-8-10-18(11-9-17)21-15-26(16-22(21)24(28)25-12-3-4-13-25)23(27)19-6-5-7-20(14-19)29-2/h5-11,14,21-22H,3-4,12-13,15-16H2,1-2H3. The van der Waals surface area contributed by atoms with Gasteiger partial charge in [-0.3, -0.25) is 9.59 Å². The predicted octanol–water partition coefficient (Wildman–Crippen LogP) is 3.48. The molecule has 29 heavy (non-hydrogen) atoms. The van der Waals surface area contributed by atoms with Crippen LogP contribution in [0.2, 0.25) is 0 Å². The molecule has 0 bridgehead atoms. The smallest absolute Gasteiger partial charge is 0.254 e. The zero-order valence-electron chi connectivity index (χ0n) is 17.1. The number of nitrogens with zero attached hydrogens (tertiary/aromatic N) is 2. The van der Waals surface area contributed by atoms with Crippen LogP contribution >= 0.6 is 0 Å². The minimum Gasteiger partial charge on any atom is -0.497 e. The summed E-state index contributed by atoms with van der Waals surface area (Å²) in [7, 11) is 1.59. The third kappa shape index (κ3) is 4.00. The lowest BCUT2D eigenvalue weighted by atomic mass is 9.87. The molecule has 2 aromatic carbocycles. The van der Waals surface area contributed by atoms with Crippen molar-refractivity contribution in [3.63, 3.8) is 0 Å². The Morgan fingerprint density at radius 3 is 2.38 bits per heavy atom. The molecule has 5 nitrogen and oxygen atoms in total. The predicted molar refractivity (Wildman–Crippen MR) is 112 cm³/mol. The van der Waals surface area contributed by atoms with Gasteiger partial charge in [0.25, 0.3) is 5.91 Å². The highest BCUT2D eigenvalue weighted by Crippen LogP contribution is 2.35. The molecule has 0 N–H and O–H groups in total. The molecule has 0 saturated carbocycles. The SMILES string of the molecule is COc1cccc(C(=O)N2CC(C(=O)N3CCCC3)C(c3ccc(C)cc3)C2)c1. The van der Waals surface area contributed by atoms with Crippen molar-refractivity contribution in [3.8, 4) is 5.75 Å². The average Bonchev–Trinajstić information content (AvgIpc) is 3.44. The van der Waals surface area contributed by atoms with Crippen LogP contribution in [0.5, 0.6) is 5.75 Å². The summed E-state index contributed by atoms with van der Waals surface area (Å²) in [6, 6.07) is 15.6. The van der Waals surface area contributed by atoms with Gasteiger partial charge in [0.15, 0.2) is 0 Å². The lowest BCUT2D eigenvalue weighted by molar-refractivity contribution is -0.134. The number of ether oxygens (including phenoxy) is 1. The number of carbonyl (C=O) groups excluding carboxylic acids is 2. The van der Waals surface area contributed by atoms with Gasteiger partial charge < -0.3 is 14.5 Å². The zero-order chi connectivity index (χ0) is 20.4. The van der Waals surface area contributed by atoms with Crippen LogP contribution in [-0.2, 0) is 4.79 Å². The van der Waals surface area contributed by atoms with E-state index in [-0.39, 0.29) is 23.7 Å². The van der Waals surface area contributed by atoms with E-state index < -0.39 is 0 Å². The Morgan fingerprint density at radius 2 is 1.69 bits per heavy atom. The first-order chi connectivity index (χ1) is 14.1. The Kier molecular flexibility index (Phi) is 5.56. The summed E-state index contributed by atoms with van der Waals surface area (Å²) in [6.07, 6.45) is 2.14. The summed E-state index contributed by atoms with van der Waals surface area (Å²) in [4.78, 5) is 30.3. The largest absolute Gasteiger partial charge is 0.497 e. The van der Waals surface area contributed by atoms with E-state index in [1.807, 2.05) is 21.9 Å². The van der Waals surface area contributed by atoms with Crippen LogP contribution in [-0.4, -0.2) is 54.9 Å². The normalized spacial score (nSPS) is 21.4. The molecule has 0 spiro atoms. The zero-order valence-corrected chi connectivity index (χ0v) is 17.1. The van der Waals surface area contributed by atoms with Crippen LogP contribution in [0, 0.1) is 12.8 Å². The monoisotopic (exact) mass is 392 g/mol. The third-order valence-corrected chi connectivity index (χ3v) is 6.16. The summed E-state index contributed by atoms with van der Waals surface area (Å²) in [5.41, 5.74) is 2.92. The molecule has 4 rings (SSSR count). The van der Waals surface area contributed by atoms with Crippen molar-refractivity contribution in [1.29, 1.82) is 0 Å². The van der Waals surface area contributed by atoms with Crippen molar-refractivity contribution < 1.29 is 14.3 Å². The number of hydrogen-bond acceptors (Lipinski definition) is 3. The van der Waals surface area contributed by atoms with Gasteiger partial charge in [-0.1, -0.05) is 35.9 Å². The van der Waals surface area contributed by atoms with Crippen LogP contribution in [0.25, 0.3) is 0 Å². The molecular weight excluding hydrogens is 364 g/mol. The molecule has 2 fully saturated rings. The Balaban J connectivity index is 1.60. The highest BCUT2D eigenvalue weighted by Gasteiger charge is 2.42. The van der Waals surface area contributed by atoms with E-state index in [2.05, 4.69) is 31.2 Å². The van der Waals surface area contributed by atoms with Crippen molar-refractivity contribution in [2.45, 2.75) is 25.7 Å². The summed E-state index contributed by atoms with van der Waals surface area (Å²) < 4.78 is 5.26. The third-order valence-electron chi connectivity index (χ3n) is 6.16. The number of benzene rings is 2. The van der Waals surface area contributed by atoms with Crippen LogP contribution in [0.15, 0.2) is 48.5 Å². The van der Waals surface area contributed by atoms with Gasteiger partial charge in [0.2, 0.25) is 5.91 Å². The van der Waals surface area contributed by atoms with E-state index in [0.29, 0.717) is 24.4 Å². The van der Waals surface area contributed by atoms with Gasteiger partial charge in [-0.15, -0.1) is 0 Å². The van der Waals surface area contributed by atoms with Crippen LogP contribution < -0.4 is 4.74 Å². The molecule has 2 aliphatic rings. The Bertz CT molecular complexity index is 887.